The van der Waals surface area contributed by atoms with E-state index in [1.165, 1.54) is 51.9 Å². The van der Waals surface area contributed by atoms with E-state index in [0.717, 1.165) is 13.3 Å². The van der Waals surface area contributed by atoms with Crippen molar-refractivity contribution in [2.75, 3.05) is 6.61 Å². The highest BCUT2D eigenvalue weighted by Crippen LogP contribution is 2.08. The van der Waals surface area contributed by atoms with Gasteiger partial charge in [-0.2, -0.15) is 0 Å². The molecular weight excluding hydrogens is 303 g/mol. The van der Waals surface area contributed by atoms with Crippen LogP contribution in [0, 0.1) is 0 Å². The van der Waals surface area contributed by atoms with Crippen molar-refractivity contribution in [2.45, 2.75) is 72.1 Å². The van der Waals surface area contributed by atoms with Crippen molar-refractivity contribution < 1.29 is 19.4 Å². The van der Waals surface area contributed by atoms with Crippen LogP contribution in [0.2, 0.25) is 0 Å². The first-order valence-electron chi connectivity index (χ1n) is 6.83. The van der Waals surface area contributed by atoms with Crippen LogP contribution in [0.1, 0.15) is 72.1 Å². The summed E-state index contributed by atoms with van der Waals surface area (Å²) in [6.07, 6.45) is 10.2. The number of ether oxygens (including phenoxy) is 1. The van der Waals surface area contributed by atoms with Crippen molar-refractivity contribution in [3.63, 3.8) is 0 Å². The molecule has 0 aromatic carbocycles. The monoisotopic (exact) mass is 332 g/mol. The normalized spacial score (nSPS) is 8.35. The fourth-order valence-corrected chi connectivity index (χ4v) is 1.45. The maximum atomic E-state index is 10.4. The van der Waals surface area contributed by atoms with Crippen LogP contribution >= 0.6 is 24.8 Å². The number of halogens is 2. The highest BCUT2D eigenvalue weighted by Gasteiger charge is 1.93. The Bertz CT molecular complexity index is 207. The minimum absolute atomic E-state index is 0. The molecular formula is C14H30Cl2O4. The SMILES string of the molecule is CC(=O)O.CCCCCCCCCCOC(C)=O.Cl.Cl. The number of aliphatic carboxylic acids is 1. The zero-order chi connectivity index (χ0) is 14.2. The molecule has 6 heteroatoms. The largest absolute Gasteiger partial charge is 0.481 e. The highest BCUT2D eigenvalue weighted by atomic mass is 35.5. The van der Waals surface area contributed by atoms with Gasteiger partial charge in [0, 0.05) is 13.8 Å². The summed E-state index contributed by atoms with van der Waals surface area (Å²) in [6.45, 7) is 5.38. The number of carbonyl (C=O) groups excluding carboxylic acids is 1. The van der Waals surface area contributed by atoms with Gasteiger partial charge < -0.3 is 9.84 Å². The molecule has 20 heavy (non-hydrogen) atoms. The van der Waals surface area contributed by atoms with Crippen molar-refractivity contribution in [2.24, 2.45) is 0 Å². The fraction of sp³-hybridized carbons (Fsp3) is 0.857. The Morgan fingerprint density at radius 3 is 1.55 bits per heavy atom. The van der Waals surface area contributed by atoms with Crippen molar-refractivity contribution in [1.29, 1.82) is 0 Å². The summed E-state index contributed by atoms with van der Waals surface area (Å²) in [4.78, 5) is 19.4. The van der Waals surface area contributed by atoms with E-state index in [1.54, 1.807) is 0 Å². The first-order valence-corrected chi connectivity index (χ1v) is 6.83. The molecule has 0 aliphatic carbocycles. The molecule has 0 aromatic heterocycles. The van der Waals surface area contributed by atoms with Crippen molar-refractivity contribution in [1.82, 2.24) is 0 Å². The van der Waals surface area contributed by atoms with Gasteiger partial charge in [0.2, 0.25) is 0 Å². The summed E-state index contributed by atoms with van der Waals surface area (Å²) in [6, 6.07) is 0. The zero-order valence-corrected chi connectivity index (χ0v) is 14.5. The van der Waals surface area contributed by atoms with Gasteiger partial charge in [-0.05, 0) is 6.42 Å². The van der Waals surface area contributed by atoms with E-state index >= 15 is 0 Å². The molecule has 0 rings (SSSR count). The van der Waals surface area contributed by atoms with E-state index in [1.807, 2.05) is 0 Å². The van der Waals surface area contributed by atoms with Gasteiger partial charge in [-0.1, -0.05) is 51.9 Å². The number of unbranched alkanes of at least 4 members (excludes halogenated alkanes) is 7. The fourth-order valence-electron chi connectivity index (χ4n) is 1.45. The first-order chi connectivity index (χ1) is 8.50. The summed E-state index contributed by atoms with van der Waals surface area (Å²) < 4.78 is 4.85. The van der Waals surface area contributed by atoms with Crippen LogP contribution in [0.25, 0.3) is 0 Å². The molecule has 0 saturated heterocycles. The molecule has 1 N–H and O–H groups in total. The van der Waals surface area contributed by atoms with Gasteiger partial charge in [0.05, 0.1) is 6.61 Å². The molecule has 0 bridgehead atoms. The molecule has 0 aliphatic rings. The van der Waals surface area contributed by atoms with Crippen molar-refractivity contribution in [3.05, 3.63) is 0 Å². The number of esters is 1. The van der Waals surface area contributed by atoms with E-state index in [2.05, 4.69) is 6.92 Å². The minimum atomic E-state index is -0.833. The number of rotatable bonds is 9. The highest BCUT2D eigenvalue weighted by molar-refractivity contribution is 5.85. The number of hydrogen-bond donors (Lipinski definition) is 1. The second-order valence-corrected chi connectivity index (χ2v) is 4.33. The first kappa shape index (κ1) is 27.8. The molecule has 0 unspecified atom stereocenters. The smallest absolute Gasteiger partial charge is 0.302 e. The van der Waals surface area contributed by atoms with Gasteiger partial charge in [-0.3, -0.25) is 9.59 Å². The lowest BCUT2D eigenvalue weighted by Gasteiger charge is -2.02. The van der Waals surface area contributed by atoms with Gasteiger partial charge in [0.1, 0.15) is 0 Å². The standard InChI is InChI=1S/C12H24O2.C2H4O2.2ClH/c1-3-4-5-6-7-8-9-10-11-14-12(2)13;1-2(3)4;;/h3-11H2,1-2H3;1H3,(H,3,4);2*1H. The molecule has 0 radical (unpaired) electrons. The van der Waals surface area contributed by atoms with E-state index in [-0.39, 0.29) is 30.8 Å². The molecule has 0 atom stereocenters. The van der Waals surface area contributed by atoms with E-state index < -0.39 is 5.97 Å². The lowest BCUT2D eigenvalue weighted by Crippen LogP contribution is -1.99. The van der Waals surface area contributed by atoms with Crippen LogP contribution in [-0.2, 0) is 14.3 Å². The summed E-state index contributed by atoms with van der Waals surface area (Å²) >= 11 is 0. The maximum absolute atomic E-state index is 10.4. The number of carbonyl (C=O) groups is 2. The van der Waals surface area contributed by atoms with Gasteiger partial charge in [0.15, 0.2) is 0 Å². The van der Waals surface area contributed by atoms with Gasteiger partial charge in [-0.15, -0.1) is 24.8 Å². The van der Waals surface area contributed by atoms with E-state index in [9.17, 15) is 4.79 Å². The molecule has 0 aliphatic heterocycles. The Hall–Kier alpha value is -0.480. The van der Waals surface area contributed by atoms with Crippen LogP contribution in [0.15, 0.2) is 0 Å². The summed E-state index contributed by atoms with van der Waals surface area (Å²) in [5.41, 5.74) is 0. The quantitative estimate of drug-likeness (QED) is 0.494. The topological polar surface area (TPSA) is 63.6 Å². The second-order valence-electron chi connectivity index (χ2n) is 4.33. The zero-order valence-electron chi connectivity index (χ0n) is 12.9. The van der Waals surface area contributed by atoms with Crippen molar-refractivity contribution >= 4 is 36.8 Å². The Labute approximate surface area is 135 Å². The summed E-state index contributed by atoms with van der Waals surface area (Å²) in [5, 5.41) is 7.42. The predicted octanol–water partition coefficient (Wildman–Crippen LogP) is 4.62. The van der Waals surface area contributed by atoms with Gasteiger partial charge in [-0.25, -0.2) is 0 Å². The van der Waals surface area contributed by atoms with E-state index in [0.29, 0.717) is 6.61 Å². The molecule has 0 amide bonds. The molecule has 4 nitrogen and oxygen atoms in total. The number of carboxylic acids is 1. The maximum Gasteiger partial charge on any atom is 0.302 e. The third-order valence-electron chi connectivity index (χ3n) is 2.30. The molecule has 0 spiro atoms. The molecule has 0 saturated carbocycles. The minimum Gasteiger partial charge on any atom is -0.481 e. The van der Waals surface area contributed by atoms with Gasteiger partial charge >= 0.3 is 5.97 Å². The Balaban J connectivity index is -0.000000188. The van der Waals surface area contributed by atoms with Crippen molar-refractivity contribution in [3.8, 4) is 0 Å². The predicted molar refractivity (Wildman–Crippen MR) is 87.0 cm³/mol. The molecule has 124 valence electrons. The summed E-state index contributed by atoms with van der Waals surface area (Å²) in [5.74, 6) is -0.993. The third-order valence-corrected chi connectivity index (χ3v) is 2.30. The average Bonchev–Trinajstić information content (AvgIpc) is 2.26. The van der Waals surface area contributed by atoms with Crippen LogP contribution in [0.5, 0.6) is 0 Å². The van der Waals surface area contributed by atoms with Crippen LogP contribution in [0.3, 0.4) is 0 Å². The Morgan fingerprint density at radius 1 is 0.850 bits per heavy atom. The average molecular weight is 333 g/mol. The Morgan fingerprint density at radius 2 is 1.20 bits per heavy atom. The van der Waals surface area contributed by atoms with Crippen LogP contribution in [0.4, 0.5) is 0 Å². The van der Waals surface area contributed by atoms with Gasteiger partial charge in [0.25, 0.3) is 5.97 Å². The van der Waals surface area contributed by atoms with Crippen LogP contribution in [-0.4, -0.2) is 23.7 Å². The number of carboxylic acid groups (broad SMARTS) is 1. The number of hydrogen-bond acceptors (Lipinski definition) is 3. The third kappa shape index (κ3) is 43.2. The molecule has 0 fully saturated rings. The molecule has 0 heterocycles. The molecule has 0 aromatic rings. The second kappa shape index (κ2) is 23.6. The Kier molecular flexibility index (Phi) is 32.8. The van der Waals surface area contributed by atoms with E-state index in [4.69, 9.17) is 14.6 Å². The lowest BCUT2D eigenvalue weighted by molar-refractivity contribution is -0.141. The van der Waals surface area contributed by atoms with Crippen LogP contribution < -0.4 is 0 Å². The lowest BCUT2D eigenvalue weighted by atomic mass is 10.1. The summed E-state index contributed by atoms with van der Waals surface area (Å²) in [7, 11) is 0.